The number of carbonyl (C=O) groups is 2. The molecule has 1 amide bonds. The number of ether oxygens (including phenoxy) is 1. The number of fused-ring (bicyclic) bond motifs is 1. The lowest BCUT2D eigenvalue weighted by molar-refractivity contribution is -0.144. The number of rotatable bonds is 6. The normalized spacial score (nSPS) is 12.6. The summed E-state index contributed by atoms with van der Waals surface area (Å²) in [5, 5.41) is 5.07. The molecule has 0 heterocycles. The summed E-state index contributed by atoms with van der Waals surface area (Å²) in [6, 6.07) is 13.8. The molecule has 0 aliphatic carbocycles. The second kappa shape index (κ2) is 8.67. The first-order valence-corrected chi connectivity index (χ1v) is 7.85. The van der Waals surface area contributed by atoms with Gasteiger partial charge in [0.25, 0.3) is 5.91 Å². The monoisotopic (exact) mass is 323 g/mol. The van der Waals surface area contributed by atoms with Crippen LogP contribution in [0.15, 0.2) is 66.8 Å². The van der Waals surface area contributed by atoms with E-state index >= 15 is 0 Å². The van der Waals surface area contributed by atoms with Gasteiger partial charge in [-0.25, -0.2) is 4.79 Å². The molecule has 24 heavy (non-hydrogen) atoms. The van der Waals surface area contributed by atoms with Crippen molar-refractivity contribution in [3.05, 3.63) is 72.3 Å². The molecule has 0 bridgehead atoms. The number of nitrogens with one attached hydrogen (secondary N) is 1. The molecule has 2 rings (SSSR count). The molecular formula is C20H21NO3. The Kier molecular flexibility index (Phi) is 6.32. The molecule has 1 atom stereocenters. The zero-order valence-electron chi connectivity index (χ0n) is 13.9. The van der Waals surface area contributed by atoms with E-state index in [9.17, 15) is 9.59 Å². The Balaban J connectivity index is 1.95. The highest BCUT2D eigenvalue weighted by molar-refractivity contribution is 5.88. The summed E-state index contributed by atoms with van der Waals surface area (Å²) in [5.74, 6) is -0.871. The fourth-order valence-electron chi connectivity index (χ4n) is 2.42. The highest BCUT2D eigenvalue weighted by Gasteiger charge is 2.13. The van der Waals surface area contributed by atoms with Crippen molar-refractivity contribution in [1.29, 1.82) is 0 Å². The summed E-state index contributed by atoms with van der Waals surface area (Å²) in [4.78, 5) is 23.4. The summed E-state index contributed by atoms with van der Waals surface area (Å²) in [6.07, 6.45) is 6.35. The van der Waals surface area contributed by atoms with Crippen LogP contribution >= 0.6 is 0 Å². The third kappa shape index (κ3) is 4.81. The second-order valence-corrected chi connectivity index (χ2v) is 5.35. The van der Waals surface area contributed by atoms with Gasteiger partial charge in [-0.05, 0) is 30.2 Å². The van der Waals surface area contributed by atoms with Crippen molar-refractivity contribution in [2.24, 2.45) is 0 Å². The van der Waals surface area contributed by atoms with E-state index in [0.29, 0.717) is 0 Å². The molecule has 0 radical (unpaired) electrons. The third-order valence-electron chi connectivity index (χ3n) is 3.55. The standard InChI is InChI=1S/C20H21NO3/c1-3-4-5-13-20(23)24-14-19(22)21-15(2)17-12-8-10-16-9-6-7-11-18(16)17/h3-13,15H,14H2,1-2H3,(H,21,22)/b4-3+,13-5+/t15-/m0/s1. The summed E-state index contributed by atoms with van der Waals surface area (Å²) < 4.78 is 4.90. The van der Waals surface area contributed by atoms with Gasteiger partial charge in [-0.3, -0.25) is 4.79 Å². The fourth-order valence-corrected chi connectivity index (χ4v) is 2.42. The van der Waals surface area contributed by atoms with Crippen molar-refractivity contribution < 1.29 is 14.3 Å². The Hall–Kier alpha value is -2.88. The molecule has 0 aliphatic rings. The first-order valence-electron chi connectivity index (χ1n) is 7.85. The largest absolute Gasteiger partial charge is 0.452 e. The number of esters is 1. The van der Waals surface area contributed by atoms with Gasteiger partial charge in [0.05, 0.1) is 6.04 Å². The maximum atomic E-state index is 12.0. The average molecular weight is 323 g/mol. The Bertz CT molecular complexity index is 772. The first kappa shape index (κ1) is 17.5. The maximum Gasteiger partial charge on any atom is 0.331 e. The first-order chi connectivity index (χ1) is 11.6. The molecule has 124 valence electrons. The van der Waals surface area contributed by atoms with E-state index in [-0.39, 0.29) is 18.6 Å². The van der Waals surface area contributed by atoms with E-state index in [1.54, 1.807) is 18.2 Å². The number of hydrogen-bond donors (Lipinski definition) is 1. The molecule has 0 aliphatic heterocycles. The predicted molar refractivity (Wildman–Crippen MR) is 95.4 cm³/mol. The Morgan fingerprint density at radius 1 is 1.12 bits per heavy atom. The molecule has 0 saturated carbocycles. The van der Waals surface area contributed by atoms with Crippen molar-refractivity contribution in [2.75, 3.05) is 6.61 Å². The van der Waals surface area contributed by atoms with Crippen LogP contribution < -0.4 is 5.32 Å². The van der Waals surface area contributed by atoms with Gasteiger partial charge in [0.1, 0.15) is 0 Å². The summed E-state index contributed by atoms with van der Waals surface area (Å²) >= 11 is 0. The van der Waals surface area contributed by atoms with Crippen LogP contribution in [0.2, 0.25) is 0 Å². The van der Waals surface area contributed by atoms with Gasteiger partial charge in [0.2, 0.25) is 0 Å². The smallest absolute Gasteiger partial charge is 0.331 e. The van der Waals surface area contributed by atoms with Gasteiger partial charge in [-0.15, -0.1) is 0 Å². The van der Waals surface area contributed by atoms with Gasteiger partial charge in [0, 0.05) is 6.08 Å². The van der Waals surface area contributed by atoms with Crippen LogP contribution in [-0.4, -0.2) is 18.5 Å². The van der Waals surface area contributed by atoms with Crippen LogP contribution in [-0.2, 0) is 14.3 Å². The van der Waals surface area contributed by atoms with Crippen LogP contribution in [0.1, 0.15) is 25.5 Å². The minimum atomic E-state index is -0.541. The Labute approximate surface area is 141 Å². The van der Waals surface area contributed by atoms with Gasteiger partial charge < -0.3 is 10.1 Å². The molecule has 0 aromatic heterocycles. The number of carbonyl (C=O) groups excluding carboxylic acids is 2. The lowest BCUT2D eigenvalue weighted by Gasteiger charge is -2.16. The summed E-state index contributed by atoms with van der Waals surface area (Å²) in [6.45, 7) is 3.46. The molecule has 4 heteroatoms. The average Bonchev–Trinajstić information content (AvgIpc) is 2.59. The predicted octanol–water partition coefficient (Wildman–Crippen LogP) is 3.69. The fraction of sp³-hybridized carbons (Fsp3) is 0.200. The van der Waals surface area contributed by atoms with Crippen LogP contribution in [0.5, 0.6) is 0 Å². The van der Waals surface area contributed by atoms with E-state index < -0.39 is 5.97 Å². The van der Waals surface area contributed by atoms with Crippen molar-refractivity contribution in [2.45, 2.75) is 19.9 Å². The van der Waals surface area contributed by atoms with Crippen molar-refractivity contribution in [3.8, 4) is 0 Å². The van der Waals surface area contributed by atoms with Gasteiger partial charge in [-0.1, -0.05) is 60.7 Å². The second-order valence-electron chi connectivity index (χ2n) is 5.35. The summed E-state index contributed by atoms with van der Waals surface area (Å²) in [7, 11) is 0. The molecule has 4 nitrogen and oxygen atoms in total. The maximum absolute atomic E-state index is 12.0. The highest BCUT2D eigenvalue weighted by Crippen LogP contribution is 2.23. The van der Waals surface area contributed by atoms with E-state index in [1.165, 1.54) is 6.08 Å². The number of amides is 1. The lowest BCUT2D eigenvalue weighted by Crippen LogP contribution is -2.31. The molecule has 0 fully saturated rings. The van der Waals surface area contributed by atoms with E-state index in [4.69, 9.17) is 4.74 Å². The quantitative estimate of drug-likeness (QED) is 0.501. The van der Waals surface area contributed by atoms with Crippen LogP contribution in [0.4, 0.5) is 0 Å². The SMILES string of the molecule is C/C=C/C=C/C(=O)OCC(=O)N[C@@H](C)c1cccc2ccccc12. The number of benzene rings is 2. The zero-order chi connectivity index (χ0) is 17.4. The minimum absolute atomic E-state index is 0.180. The van der Waals surface area contributed by atoms with Gasteiger partial charge in [0.15, 0.2) is 6.61 Å². The van der Waals surface area contributed by atoms with E-state index in [1.807, 2.05) is 56.3 Å². The minimum Gasteiger partial charge on any atom is -0.452 e. The zero-order valence-corrected chi connectivity index (χ0v) is 13.9. The Morgan fingerprint density at radius 2 is 1.88 bits per heavy atom. The Morgan fingerprint density at radius 3 is 2.67 bits per heavy atom. The number of allylic oxidation sites excluding steroid dienone is 3. The lowest BCUT2D eigenvalue weighted by atomic mass is 10.00. The van der Waals surface area contributed by atoms with Crippen molar-refractivity contribution in [1.82, 2.24) is 5.32 Å². The highest BCUT2D eigenvalue weighted by atomic mass is 16.5. The van der Waals surface area contributed by atoms with E-state index in [0.717, 1.165) is 16.3 Å². The number of hydrogen-bond acceptors (Lipinski definition) is 3. The molecule has 1 N–H and O–H groups in total. The van der Waals surface area contributed by atoms with Crippen molar-refractivity contribution in [3.63, 3.8) is 0 Å². The van der Waals surface area contributed by atoms with Gasteiger partial charge in [-0.2, -0.15) is 0 Å². The van der Waals surface area contributed by atoms with Crippen LogP contribution in [0, 0.1) is 0 Å². The molecule has 0 unspecified atom stereocenters. The van der Waals surface area contributed by atoms with Crippen molar-refractivity contribution >= 4 is 22.6 Å². The summed E-state index contributed by atoms with van der Waals surface area (Å²) in [5.41, 5.74) is 1.03. The topological polar surface area (TPSA) is 55.4 Å². The molecule has 2 aromatic carbocycles. The molecule has 0 spiro atoms. The molecular weight excluding hydrogens is 302 g/mol. The molecule has 2 aromatic rings. The van der Waals surface area contributed by atoms with E-state index in [2.05, 4.69) is 5.32 Å². The third-order valence-corrected chi connectivity index (χ3v) is 3.55. The molecule has 0 saturated heterocycles. The van der Waals surface area contributed by atoms with Crippen LogP contribution in [0.25, 0.3) is 10.8 Å². The van der Waals surface area contributed by atoms with Crippen LogP contribution in [0.3, 0.4) is 0 Å². The van der Waals surface area contributed by atoms with Gasteiger partial charge >= 0.3 is 5.97 Å².